The van der Waals surface area contributed by atoms with Crippen LogP contribution in [0.25, 0.3) is 10.8 Å². The van der Waals surface area contributed by atoms with E-state index in [4.69, 9.17) is 0 Å². The van der Waals surface area contributed by atoms with E-state index in [1.54, 1.807) is 29.2 Å². The van der Waals surface area contributed by atoms with E-state index >= 15 is 0 Å². The first-order chi connectivity index (χ1) is 14.5. The molecule has 0 saturated carbocycles. The molecule has 1 amide bonds. The van der Waals surface area contributed by atoms with Crippen molar-refractivity contribution in [3.05, 3.63) is 75.5 Å². The zero-order chi connectivity index (χ0) is 20.8. The van der Waals surface area contributed by atoms with Gasteiger partial charge in [-0.2, -0.15) is 5.10 Å². The van der Waals surface area contributed by atoms with Gasteiger partial charge >= 0.3 is 0 Å². The third kappa shape index (κ3) is 3.29. The largest absolute Gasteiger partial charge is 0.338 e. The minimum absolute atomic E-state index is 0.106. The maximum absolute atomic E-state index is 14.6. The lowest BCUT2D eigenvalue weighted by molar-refractivity contribution is 0.0771. The Balaban J connectivity index is 1.42. The summed E-state index contributed by atoms with van der Waals surface area (Å²) in [5.41, 5.74) is 1.33. The van der Waals surface area contributed by atoms with Crippen molar-refractivity contribution in [2.75, 3.05) is 33.2 Å². The molecule has 1 N–H and O–H groups in total. The van der Waals surface area contributed by atoms with Crippen molar-refractivity contribution in [1.29, 1.82) is 0 Å². The summed E-state index contributed by atoms with van der Waals surface area (Å²) >= 11 is 0. The zero-order valence-corrected chi connectivity index (χ0v) is 16.8. The number of nitrogens with zero attached hydrogens (tertiary/aromatic N) is 3. The van der Waals surface area contributed by atoms with Crippen LogP contribution in [0.15, 0.2) is 47.3 Å². The van der Waals surface area contributed by atoms with Crippen molar-refractivity contribution < 1.29 is 9.18 Å². The van der Waals surface area contributed by atoms with Crippen molar-refractivity contribution >= 4 is 16.7 Å². The second-order valence-corrected chi connectivity index (χ2v) is 8.49. The first-order valence-electron chi connectivity index (χ1n) is 10.2. The van der Waals surface area contributed by atoms with Crippen LogP contribution in [0, 0.1) is 17.7 Å². The molecule has 0 aliphatic carbocycles. The average Bonchev–Trinajstić information content (AvgIpc) is 3.28. The number of amides is 1. The molecule has 0 bridgehead atoms. The Labute approximate surface area is 173 Å². The first-order valence-corrected chi connectivity index (χ1v) is 10.2. The number of H-pyrrole nitrogens is 1. The maximum atomic E-state index is 14.6. The zero-order valence-electron chi connectivity index (χ0n) is 16.8. The Hall–Kier alpha value is -3.06. The third-order valence-corrected chi connectivity index (χ3v) is 6.36. The molecular weight excluding hydrogens is 383 g/mol. The number of carbonyl (C=O) groups is 1. The molecule has 0 radical (unpaired) electrons. The van der Waals surface area contributed by atoms with Crippen molar-refractivity contribution in [1.82, 2.24) is 20.0 Å². The third-order valence-electron chi connectivity index (χ3n) is 6.36. The van der Waals surface area contributed by atoms with Gasteiger partial charge in [-0.3, -0.25) is 9.59 Å². The average molecular weight is 406 g/mol. The molecule has 30 heavy (non-hydrogen) atoms. The summed E-state index contributed by atoms with van der Waals surface area (Å²) in [5.74, 6) is 0.201. The number of carbonyl (C=O) groups excluding carboxylic acids is 1. The smallest absolute Gasteiger partial charge is 0.272 e. The van der Waals surface area contributed by atoms with Gasteiger partial charge in [0.1, 0.15) is 5.82 Å². The number of aromatic amines is 1. The van der Waals surface area contributed by atoms with Gasteiger partial charge in [0.15, 0.2) is 0 Å². The summed E-state index contributed by atoms with van der Waals surface area (Å²) in [6, 6.07) is 11.9. The van der Waals surface area contributed by atoms with Crippen molar-refractivity contribution in [2.24, 2.45) is 11.8 Å². The van der Waals surface area contributed by atoms with Crippen LogP contribution in [0.5, 0.6) is 0 Å². The normalized spacial score (nSPS) is 21.3. The van der Waals surface area contributed by atoms with E-state index in [0.29, 0.717) is 42.4 Å². The molecule has 2 aliphatic rings. The van der Waals surface area contributed by atoms with E-state index in [-0.39, 0.29) is 17.0 Å². The van der Waals surface area contributed by atoms with Gasteiger partial charge in [-0.05, 0) is 42.6 Å². The Morgan fingerprint density at radius 2 is 1.80 bits per heavy atom. The minimum atomic E-state index is -0.503. The standard InChI is InChI=1S/C23H23FN4O2/c1-27-10-15-12-28(13-16(15)11-27)23(30)19-8-14(6-7-20(19)24)9-21-17-4-2-3-5-18(17)22(29)26-25-21/h2-8,15-16H,9-13H2,1H3,(H,26,29). The van der Waals surface area contributed by atoms with Crippen LogP contribution in [0.3, 0.4) is 0 Å². The lowest BCUT2D eigenvalue weighted by atomic mass is 10.0. The number of rotatable bonds is 3. The molecule has 3 aromatic rings. The summed E-state index contributed by atoms with van der Waals surface area (Å²) in [6.07, 6.45) is 0.397. The number of aromatic nitrogens is 2. The van der Waals surface area contributed by atoms with E-state index in [1.807, 2.05) is 12.1 Å². The quantitative estimate of drug-likeness (QED) is 0.725. The van der Waals surface area contributed by atoms with Crippen molar-refractivity contribution in [3.63, 3.8) is 0 Å². The molecule has 7 heteroatoms. The molecule has 3 heterocycles. The highest BCUT2D eigenvalue weighted by Crippen LogP contribution is 2.31. The van der Waals surface area contributed by atoms with E-state index < -0.39 is 5.82 Å². The van der Waals surface area contributed by atoms with Crippen molar-refractivity contribution in [3.8, 4) is 0 Å². The maximum Gasteiger partial charge on any atom is 0.272 e. The number of fused-ring (bicyclic) bond motifs is 2. The molecule has 2 saturated heterocycles. The number of benzene rings is 2. The molecule has 6 nitrogen and oxygen atoms in total. The van der Waals surface area contributed by atoms with E-state index in [0.717, 1.165) is 24.0 Å². The molecule has 0 spiro atoms. The highest BCUT2D eigenvalue weighted by atomic mass is 19.1. The predicted octanol–water partition coefficient (Wildman–Crippen LogP) is 2.29. The van der Waals surface area contributed by atoms with Crippen LogP contribution >= 0.6 is 0 Å². The van der Waals surface area contributed by atoms with Crippen LogP contribution < -0.4 is 5.56 Å². The first kappa shape index (κ1) is 18.9. The fourth-order valence-corrected chi connectivity index (χ4v) is 4.91. The molecule has 5 rings (SSSR count). The Morgan fingerprint density at radius 3 is 2.53 bits per heavy atom. The molecular formula is C23H23FN4O2. The lowest BCUT2D eigenvalue weighted by Crippen LogP contribution is -2.32. The Morgan fingerprint density at radius 1 is 1.10 bits per heavy atom. The molecule has 154 valence electrons. The summed E-state index contributed by atoms with van der Waals surface area (Å²) in [6.45, 7) is 3.34. The van der Waals surface area contributed by atoms with Crippen LogP contribution in [-0.2, 0) is 6.42 Å². The van der Waals surface area contributed by atoms with E-state index in [9.17, 15) is 14.0 Å². The Bertz CT molecular complexity index is 1180. The number of hydrogen-bond donors (Lipinski definition) is 1. The van der Waals surface area contributed by atoms with Crippen LogP contribution in [0.4, 0.5) is 4.39 Å². The van der Waals surface area contributed by atoms with Gasteiger partial charge in [-0.15, -0.1) is 0 Å². The van der Waals surface area contributed by atoms with Gasteiger partial charge in [-0.1, -0.05) is 24.3 Å². The van der Waals surface area contributed by atoms with E-state index in [2.05, 4.69) is 22.1 Å². The van der Waals surface area contributed by atoms with Crippen LogP contribution in [-0.4, -0.2) is 59.1 Å². The second kappa shape index (κ2) is 7.32. The molecule has 2 aromatic carbocycles. The molecule has 2 fully saturated rings. The van der Waals surface area contributed by atoms with Crippen LogP contribution in [0.1, 0.15) is 21.6 Å². The number of hydrogen-bond acceptors (Lipinski definition) is 4. The van der Waals surface area contributed by atoms with Gasteiger partial charge in [-0.25, -0.2) is 9.49 Å². The SMILES string of the molecule is CN1CC2CN(C(=O)c3cc(Cc4n[nH]c(=O)c5ccccc45)ccc3F)CC2C1. The van der Waals surface area contributed by atoms with Gasteiger partial charge in [0, 0.05) is 38.0 Å². The summed E-state index contributed by atoms with van der Waals surface area (Å²) in [4.78, 5) is 29.1. The van der Waals surface area contributed by atoms with E-state index in [1.165, 1.54) is 6.07 Å². The summed E-state index contributed by atoms with van der Waals surface area (Å²) in [5, 5.41) is 8.04. The summed E-state index contributed by atoms with van der Waals surface area (Å²) < 4.78 is 14.6. The van der Waals surface area contributed by atoms with Gasteiger partial charge in [0.05, 0.1) is 16.6 Å². The predicted molar refractivity (Wildman–Crippen MR) is 112 cm³/mol. The second-order valence-electron chi connectivity index (χ2n) is 8.49. The van der Waals surface area contributed by atoms with Crippen molar-refractivity contribution in [2.45, 2.75) is 6.42 Å². The molecule has 2 unspecified atom stereocenters. The monoisotopic (exact) mass is 406 g/mol. The topological polar surface area (TPSA) is 69.3 Å². The molecule has 2 aliphatic heterocycles. The van der Waals surface area contributed by atoms with Gasteiger partial charge < -0.3 is 9.80 Å². The Kier molecular flexibility index (Phi) is 4.62. The summed E-state index contributed by atoms with van der Waals surface area (Å²) in [7, 11) is 2.10. The fraction of sp³-hybridized carbons (Fsp3) is 0.348. The lowest BCUT2D eigenvalue weighted by Gasteiger charge is -2.20. The molecule has 2 atom stereocenters. The fourth-order valence-electron chi connectivity index (χ4n) is 4.91. The molecule has 1 aromatic heterocycles. The number of halogens is 1. The number of nitrogens with one attached hydrogen (secondary N) is 1. The van der Waals surface area contributed by atoms with Crippen LogP contribution in [0.2, 0.25) is 0 Å². The highest BCUT2D eigenvalue weighted by molar-refractivity contribution is 5.95. The van der Waals surface area contributed by atoms with Gasteiger partial charge in [0.2, 0.25) is 0 Å². The number of likely N-dealkylation sites (tertiary alicyclic amines) is 2. The highest BCUT2D eigenvalue weighted by Gasteiger charge is 2.40. The van der Waals surface area contributed by atoms with Gasteiger partial charge in [0.25, 0.3) is 11.5 Å². The minimum Gasteiger partial charge on any atom is -0.338 e.